The molecule has 0 bridgehead atoms. The maximum Gasteiger partial charge on any atom is 0.573 e. The van der Waals surface area contributed by atoms with Gasteiger partial charge in [-0.05, 0) is 61.0 Å². The molecular weight excluding hydrogens is 552 g/mol. The molecule has 4 rings (SSSR count). The predicted octanol–water partition coefficient (Wildman–Crippen LogP) is 6.38. The number of alkyl halides is 6. The summed E-state index contributed by atoms with van der Waals surface area (Å²) in [5.74, 6) is -1.26. The highest BCUT2D eigenvalue weighted by molar-refractivity contribution is 6.31. The van der Waals surface area contributed by atoms with Gasteiger partial charge in [0.2, 0.25) is 0 Å². The summed E-state index contributed by atoms with van der Waals surface area (Å²) in [4.78, 5) is 13.8. The van der Waals surface area contributed by atoms with E-state index in [1.165, 1.54) is 31.2 Å². The van der Waals surface area contributed by atoms with Gasteiger partial charge in [-0.25, -0.2) is 0 Å². The van der Waals surface area contributed by atoms with Crippen molar-refractivity contribution in [1.82, 2.24) is 20.3 Å². The standard InChI is InChI=1S/C25H16ClF6N5O2/c1-23(12-33,34-22(38)15-4-8-18(9-5-15)39-25(30,31)32)13-37-35-20-11-17(26)10-19(21(20)36-37)14-2-6-16(7-3-14)24(27,28)29/h2-11H,13H2,1H3,(H,34,38). The van der Waals surface area contributed by atoms with E-state index < -0.39 is 35.3 Å². The minimum Gasteiger partial charge on any atom is -0.406 e. The Balaban J connectivity index is 1.57. The van der Waals surface area contributed by atoms with Gasteiger partial charge in [0.05, 0.1) is 18.2 Å². The van der Waals surface area contributed by atoms with Crippen molar-refractivity contribution < 1.29 is 35.9 Å². The van der Waals surface area contributed by atoms with Crippen LogP contribution in [0.15, 0.2) is 60.7 Å². The fraction of sp³-hybridized carbons (Fsp3) is 0.200. The van der Waals surface area contributed by atoms with E-state index >= 15 is 0 Å². The lowest BCUT2D eigenvalue weighted by Crippen LogP contribution is -2.48. The number of fused-ring (bicyclic) bond motifs is 1. The first-order chi connectivity index (χ1) is 18.2. The minimum atomic E-state index is -4.89. The number of aromatic nitrogens is 3. The lowest BCUT2D eigenvalue weighted by molar-refractivity contribution is -0.274. The van der Waals surface area contributed by atoms with Crippen LogP contribution in [0.1, 0.15) is 22.8 Å². The van der Waals surface area contributed by atoms with Gasteiger partial charge in [-0.15, -0.1) is 13.2 Å². The molecule has 0 aliphatic heterocycles. The topological polar surface area (TPSA) is 92.8 Å². The molecule has 7 nitrogen and oxygen atoms in total. The van der Waals surface area contributed by atoms with Crippen LogP contribution >= 0.6 is 11.6 Å². The fourth-order valence-corrected chi connectivity index (χ4v) is 3.89. The first-order valence-corrected chi connectivity index (χ1v) is 11.4. The van der Waals surface area contributed by atoms with Crippen molar-refractivity contribution >= 4 is 28.5 Å². The van der Waals surface area contributed by atoms with E-state index in [-0.39, 0.29) is 17.1 Å². The minimum absolute atomic E-state index is 0.0269. The predicted molar refractivity (Wildman–Crippen MR) is 128 cm³/mol. The lowest BCUT2D eigenvalue weighted by Gasteiger charge is -2.22. The summed E-state index contributed by atoms with van der Waals surface area (Å²) < 4.78 is 79.7. The summed E-state index contributed by atoms with van der Waals surface area (Å²) in [6, 6.07) is 13.5. The van der Waals surface area contributed by atoms with Gasteiger partial charge in [0.25, 0.3) is 5.91 Å². The fourth-order valence-electron chi connectivity index (χ4n) is 3.67. The molecule has 0 aliphatic carbocycles. The van der Waals surface area contributed by atoms with Gasteiger partial charge < -0.3 is 10.1 Å². The SMILES string of the molecule is CC(C#N)(Cn1nc2cc(Cl)cc(-c3ccc(C(F)(F)F)cc3)c2n1)NC(=O)c1ccc(OC(F)(F)F)cc1. The molecular formula is C25H16ClF6N5O2. The van der Waals surface area contributed by atoms with Crippen LogP contribution in [0.4, 0.5) is 26.3 Å². The Labute approximate surface area is 221 Å². The van der Waals surface area contributed by atoms with Crippen LogP contribution in [0.25, 0.3) is 22.2 Å². The molecule has 0 aliphatic rings. The smallest absolute Gasteiger partial charge is 0.406 e. The molecule has 1 amide bonds. The van der Waals surface area contributed by atoms with E-state index in [9.17, 15) is 36.4 Å². The Kier molecular flexibility index (Phi) is 7.18. The van der Waals surface area contributed by atoms with E-state index in [1.54, 1.807) is 0 Å². The molecule has 0 saturated carbocycles. The number of rotatable bonds is 6. The third-order valence-electron chi connectivity index (χ3n) is 5.46. The van der Waals surface area contributed by atoms with Gasteiger partial charge in [0, 0.05) is 16.1 Å². The van der Waals surface area contributed by atoms with E-state index in [4.69, 9.17) is 11.6 Å². The Morgan fingerprint density at radius 1 is 1.03 bits per heavy atom. The first-order valence-electron chi connectivity index (χ1n) is 11.0. The van der Waals surface area contributed by atoms with Gasteiger partial charge >= 0.3 is 12.5 Å². The Bertz CT molecular complexity index is 1560. The van der Waals surface area contributed by atoms with E-state index in [1.807, 2.05) is 6.07 Å². The highest BCUT2D eigenvalue weighted by Crippen LogP contribution is 2.34. The van der Waals surface area contributed by atoms with E-state index in [0.29, 0.717) is 22.2 Å². The maximum atomic E-state index is 13.0. The molecule has 1 N–H and O–H groups in total. The molecule has 0 spiro atoms. The van der Waals surface area contributed by atoms with Gasteiger partial charge in [-0.3, -0.25) is 4.79 Å². The Morgan fingerprint density at radius 3 is 2.23 bits per heavy atom. The molecule has 4 aromatic rings. The van der Waals surface area contributed by atoms with Crippen LogP contribution in [-0.4, -0.2) is 32.8 Å². The molecule has 202 valence electrons. The second kappa shape index (κ2) is 10.1. The largest absolute Gasteiger partial charge is 0.573 e. The van der Waals surface area contributed by atoms with Crippen molar-refractivity contribution in [2.24, 2.45) is 0 Å². The monoisotopic (exact) mass is 567 g/mol. The normalized spacial score (nSPS) is 13.5. The third-order valence-corrected chi connectivity index (χ3v) is 5.68. The summed E-state index contributed by atoms with van der Waals surface area (Å²) in [5.41, 5.74) is -1.02. The number of nitrogens with zero attached hydrogens (tertiary/aromatic N) is 4. The summed E-state index contributed by atoms with van der Waals surface area (Å²) in [5, 5.41) is 21.2. The van der Waals surface area contributed by atoms with E-state index in [0.717, 1.165) is 41.2 Å². The van der Waals surface area contributed by atoms with Crippen LogP contribution in [0, 0.1) is 11.3 Å². The number of amides is 1. The summed E-state index contributed by atoms with van der Waals surface area (Å²) >= 11 is 6.19. The highest BCUT2D eigenvalue weighted by atomic mass is 35.5. The molecule has 1 unspecified atom stereocenters. The number of nitriles is 1. The van der Waals surface area contributed by atoms with Crippen molar-refractivity contribution in [2.75, 3.05) is 0 Å². The average molecular weight is 568 g/mol. The molecule has 14 heteroatoms. The molecule has 3 aromatic carbocycles. The zero-order chi connectivity index (χ0) is 28.6. The van der Waals surface area contributed by atoms with Crippen LogP contribution in [-0.2, 0) is 12.7 Å². The molecule has 1 heterocycles. The summed E-state index contributed by atoms with van der Waals surface area (Å²) in [6.07, 6.45) is -9.39. The Hall–Kier alpha value is -4.31. The number of benzene rings is 3. The number of ether oxygens (including phenoxy) is 1. The molecule has 0 radical (unpaired) electrons. The number of hydrogen-bond donors (Lipinski definition) is 1. The summed E-state index contributed by atoms with van der Waals surface area (Å²) in [7, 11) is 0. The third kappa shape index (κ3) is 6.58. The summed E-state index contributed by atoms with van der Waals surface area (Å²) in [6.45, 7) is 1.15. The van der Waals surface area contributed by atoms with Crippen LogP contribution in [0.3, 0.4) is 0 Å². The number of carbonyl (C=O) groups excluding carboxylic acids is 1. The van der Waals surface area contributed by atoms with Crippen molar-refractivity contribution in [3.8, 4) is 22.9 Å². The number of nitrogens with one attached hydrogen (secondary N) is 1. The average Bonchev–Trinajstić information content (AvgIpc) is 3.24. The van der Waals surface area contributed by atoms with Crippen molar-refractivity contribution in [3.05, 3.63) is 76.8 Å². The van der Waals surface area contributed by atoms with Crippen LogP contribution < -0.4 is 10.1 Å². The number of halogens is 7. The van der Waals surface area contributed by atoms with Gasteiger partial charge in [-0.2, -0.15) is 33.4 Å². The van der Waals surface area contributed by atoms with Crippen molar-refractivity contribution in [3.63, 3.8) is 0 Å². The Morgan fingerprint density at radius 2 is 1.67 bits per heavy atom. The first kappa shape index (κ1) is 27.7. The van der Waals surface area contributed by atoms with Crippen LogP contribution in [0.5, 0.6) is 5.75 Å². The molecule has 1 aromatic heterocycles. The molecule has 1 atom stereocenters. The van der Waals surface area contributed by atoms with Gasteiger partial charge in [0.15, 0.2) is 0 Å². The second-order valence-corrected chi connectivity index (χ2v) is 9.03. The highest BCUT2D eigenvalue weighted by Gasteiger charge is 2.32. The van der Waals surface area contributed by atoms with Gasteiger partial charge in [0.1, 0.15) is 22.3 Å². The van der Waals surface area contributed by atoms with E-state index in [2.05, 4.69) is 20.3 Å². The van der Waals surface area contributed by atoms with Gasteiger partial charge in [-0.1, -0.05) is 23.7 Å². The zero-order valence-electron chi connectivity index (χ0n) is 19.7. The van der Waals surface area contributed by atoms with Crippen LogP contribution in [0.2, 0.25) is 5.02 Å². The maximum absolute atomic E-state index is 13.0. The number of carbonyl (C=O) groups is 1. The lowest BCUT2D eigenvalue weighted by atomic mass is 10.0. The quantitative estimate of drug-likeness (QED) is 0.273. The zero-order valence-corrected chi connectivity index (χ0v) is 20.5. The molecule has 0 saturated heterocycles. The number of hydrogen-bond acceptors (Lipinski definition) is 5. The van der Waals surface area contributed by atoms with Crippen molar-refractivity contribution in [1.29, 1.82) is 5.26 Å². The molecule has 39 heavy (non-hydrogen) atoms. The van der Waals surface area contributed by atoms with Crippen molar-refractivity contribution in [2.45, 2.75) is 31.5 Å². The molecule has 0 fully saturated rings. The second-order valence-electron chi connectivity index (χ2n) is 8.60.